The van der Waals surface area contributed by atoms with E-state index in [4.69, 9.17) is 9.47 Å². The van der Waals surface area contributed by atoms with E-state index in [1.165, 1.54) is 31.4 Å². The molecule has 0 amide bonds. The monoisotopic (exact) mass is 310 g/mol. The van der Waals surface area contributed by atoms with Crippen LogP contribution in [0.1, 0.15) is 21.5 Å². The molecule has 116 valence electrons. The fraction of sp³-hybridized carbons (Fsp3) is 0.188. The summed E-state index contributed by atoms with van der Waals surface area (Å²) in [6.07, 6.45) is -3.72. The maximum Gasteiger partial charge on any atom is 0.416 e. The summed E-state index contributed by atoms with van der Waals surface area (Å²) in [6.45, 7) is -0.0410. The van der Waals surface area contributed by atoms with Crippen molar-refractivity contribution in [3.8, 4) is 11.5 Å². The molecule has 2 aromatic carbocycles. The van der Waals surface area contributed by atoms with Crippen LogP contribution in [-0.2, 0) is 12.8 Å². The normalized spacial score (nSPS) is 11.1. The van der Waals surface area contributed by atoms with Crippen molar-refractivity contribution in [2.24, 2.45) is 0 Å². The zero-order valence-corrected chi connectivity index (χ0v) is 11.7. The van der Waals surface area contributed by atoms with E-state index < -0.39 is 11.7 Å². The minimum atomic E-state index is -4.39. The number of ether oxygens (including phenoxy) is 2. The molecule has 22 heavy (non-hydrogen) atoms. The van der Waals surface area contributed by atoms with Crippen molar-refractivity contribution >= 4 is 6.29 Å². The van der Waals surface area contributed by atoms with Crippen LogP contribution in [0.5, 0.6) is 11.5 Å². The summed E-state index contributed by atoms with van der Waals surface area (Å²) in [5, 5.41) is 0. The summed E-state index contributed by atoms with van der Waals surface area (Å²) < 4.78 is 48.5. The van der Waals surface area contributed by atoms with Gasteiger partial charge in [0.15, 0.2) is 11.5 Å². The number of hydrogen-bond donors (Lipinski definition) is 0. The third-order valence-electron chi connectivity index (χ3n) is 2.97. The van der Waals surface area contributed by atoms with E-state index >= 15 is 0 Å². The van der Waals surface area contributed by atoms with Gasteiger partial charge < -0.3 is 9.47 Å². The Morgan fingerprint density at radius 3 is 2.50 bits per heavy atom. The lowest BCUT2D eigenvalue weighted by Gasteiger charge is -2.12. The zero-order chi connectivity index (χ0) is 16.2. The number of hydrogen-bond acceptors (Lipinski definition) is 3. The molecule has 0 spiro atoms. The van der Waals surface area contributed by atoms with Crippen molar-refractivity contribution < 1.29 is 27.4 Å². The minimum Gasteiger partial charge on any atom is -0.493 e. The Hall–Kier alpha value is -2.50. The van der Waals surface area contributed by atoms with Gasteiger partial charge >= 0.3 is 6.18 Å². The molecule has 2 rings (SSSR count). The van der Waals surface area contributed by atoms with Gasteiger partial charge in [-0.2, -0.15) is 13.2 Å². The van der Waals surface area contributed by atoms with Gasteiger partial charge in [0, 0.05) is 5.56 Å². The van der Waals surface area contributed by atoms with Crippen LogP contribution in [0.25, 0.3) is 0 Å². The van der Waals surface area contributed by atoms with Crippen molar-refractivity contribution in [1.29, 1.82) is 0 Å². The molecule has 0 saturated heterocycles. The van der Waals surface area contributed by atoms with Gasteiger partial charge in [0.25, 0.3) is 0 Å². The van der Waals surface area contributed by atoms with E-state index in [0.717, 1.165) is 12.1 Å². The summed E-state index contributed by atoms with van der Waals surface area (Å²) in [4.78, 5) is 10.7. The van der Waals surface area contributed by atoms with Gasteiger partial charge in [-0.1, -0.05) is 12.1 Å². The summed E-state index contributed by atoms with van der Waals surface area (Å²) in [6, 6.07) is 9.48. The van der Waals surface area contributed by atoms with E-state index in [9.17, 15) is 18.0 Å². The van der Waals surface area contributed by atoms with Gasteiger partial charge in [-0.05, 0) is 35.9 Å². The van der Waals surface area contributed by atoms with E-state index in [-0.39, 0.29) is 6.61 Å². The van der Waals surface area contributed by atoms with Gasteiger partial charge in [0.05, 0.1) is 12.7 Å². The second-order valence-corrected chi connectivity index (χ2v) is 4.51. The van der Waals surface area contributed by atoms with Crippen LogP contribution in [0.2, 0.25) is 0 Å². The summed E-state index contributed by atoms with van der Waals surface area (Å²) in [5.41, 5.74) is 0.0801. The molecule has 0 N–H and O–H groups in total. The van der Waals surface area contributed by atoms with E-state index in [2.05, 4.69) is 0 Å². The Morgan fingerprint density at radius 2 is 1.86 bits per heavy atom. The highest BCUT2D eigenvalue weighted by Crippen LogP contribution is 2.31. The van der Waals surface area contributed by atoms with Crippen molar-refractivity contribution in [3.05, 3.63) is 59.2 Å². The Balaban J connectivity index is 2.15. The largest absolute Gasteiger partial charge is 0.493 e. The Bertz CT molecular complexity index is 666. The average molecular weight is 310 g/mol. The van der Waals surface area contributed by atoms with Crippen LogP contribution < -0.4 is 9.47 Å². The Morgan fingerprint density at radius 1 is 1.09 bits per heavy atom. The lowest BCUT2D eigenvalue weighted by molar-refractivity contribution is -0.137. The number of benzene rings is 2. The maximum absolute atomic E-state index is 12.6. The highest BCUT2D eigenvalue weighted by Gasteiger charge is 2.30. The first-order valence-electron chi connectivity index (χ1n) is 6.36. The molecule has 0 fully saturated rings. The number of rotatable bonds is 5. The van der Waals surface area contributed by atoms with Crippen molar-refractivity contribution in [1.82, 2.24) is 0 Å². The molecule has 6 heteroatoms. The molecule has 3 nitrogen and oxygen atoms in total. The van der Waals surface area contributed by atoms with E-state index in [1.54, 1.807) is 6.07 Å². The Kier molecular flexibility index (Phi) is 4.70. The predicted molar refractivity (Wildman–Crippen MR) is 74.2 cm³/mol. The van der Waals surface area contributed by atoms with Crippen LogP contribution in [0.3, 0.4) is 0 Å². The molecule has 0 aromatic heterocycles. The van der Waals surface area contributed by atoms with Crippen molar-refractivity contribution in [2.75, 3.05) is 7.11 Å². The molecule has 2 aromatic rings. The fourth-order valence-electron chi connectivity index (χ4n) is 1.88. The molecule has 0 bridgehead atoms. The molecular formula is C16H13F3O3. The molecule has 0 saturated carbocycles. The molecule has 0 unspecified atom stereocenters. The van der Waals surface area contributed by atoms with E-state index in [1.807, 2.05) is 0 Å². The maximum atomic E-state index is 12.6. The zero-order valence-electron chi connectivity index (χ0n) is 11.7. The SMILES string of the molecule is COc1cc(C=O)ccc1OCc1cccc(C(F)(F)F)c1. The lowest BCUT2D eigenvalue weighted by Crippen LogP contribution is -2.06. The topological polar surface area (TPSA) is 35.5 Å². The summed E-state index contributed by atoms with van der Waals surface area (Å²) in [7, 11) is 1.42. The molecule has 0 aliphatic carbocycles. The standard InChI is InChI=1S/C16H13F3O3/c1-21-15-8-11(9-20)5-6-14(15)22-10-12-3-2-4-13(7-12)16(17,18)19/h2-9H,10H2,1H3. The average Bonchev–Trinajstić information content (AvgIpc) is 2.52. The number of alkyl halides is 3. The van der Waals surface area contributed by atoms with Gasteiger partial charge in [-0.3, -0.25) is 4.79 Å². The first-order chi connectivity index (χ1) is 10.4. The number of halogens is 3. The van der Waals surface area contributed by atoms with Gasteiger partial charge in [-0.25, -0.2) is 0 Å². The first kappa shape index (κ1) is 15.9. The molecule has 0 heterocycles. The quantitative estimate of drug-likeness (QED) is 0.780. The smallest absolute Gasteiger partial charge is 0.416 e. The molecule has 0 atom stereocenters. The second kappa shape index (κ2) is 6.51. The number of aldehydes is 1. The Labute approximate surface area is 125 Å². The van der Waals surface area contributed by atoms with Crippen molar-refractivity contribution in [3.63, 3.8) is 0 Å². The van der Waals surface area contributed by atoms with Gasteiger partial charge in [0.2, 0.25) is 0 Å². The van der Waals surface area contributed by atoms with Gasteiger partial charge in [-0.15, -0.1) is 0 Å². The second-order valence-electron chi connectivity index (χ2n) is 4.51. The van der Waals surface area contributed by atoms with Crippen LogP contribution in [0.4, 0.5) is 13.2 Å². The van der Waals surface area contributed by atoms with Gasteiger partial charge in [0.1, 0.15) is 12.9 Å². The van der Waals surface area contributed by atoms with Crippen LogP contribution in [-0.4, -0.2) is 13.4 Å². The number of carbonyl (C=O) groups excluding carboxylic acids is 1. The lowest BCUT2D eigenvalue weighted by atomic mass is 10.1. The van der Waals surface area contributed by atoms with E-state index in [0.29, 0.717) is 28.9 Å². The molecule has 0 aliphatic heterocycles. The molecular weight excluding hydrogens is 297 g/mol. The summed E-state index contributed by atoms with van der Waals surface area (Å²) in [5.74, 6) is 0.696. The van der Waals surface area contributed by atoms with Crippen molar-refractivity contribution in [2.45, 2.75) is 12.8 Å². The highest BCUT2D eigenvalue weighted by molar-refractivity contribution is 5.76. The minimum absolute atomic E-state index is 0.0410. The summed E-state index contributed by atoms with van der Waals surface area (Å²) >= 11 is 0. The predicted octanol–water partition coefficient (Wildman–Crippen LogP) is 4.11. The number of methoxy groups -OCH3 is 1. The highest BCUT2D eigenvalue weighted by atomic mass is 19.4. The van der Waals surface area contributed by atoms with Crippen LogP contribution >= 0.6 is 0 Å². The number of carbonyl (C=O) groups is 1. The molecule has 0 radical (unpaired) electrons. The third kappa shape index (κ3) is 3.78. The van der Waals surface area contributed by atoms with Crippen LogP contribution in [0.15, 0.2) is 42.5 Å². The third-order valence-corrected chi connectivity index (χ3v) is 2.97. The molecule has 0 aliphatic rings. The fourth-order valence-corrected chi connectivity index (χ4v) is 1.88. The van der Waals surface area contributed by atoms with Crippen LogP contribution in [0, 0.1) is 0 Å². The first-order valence-corrected chi connectivity index (χ1v) is 6.36.